The minimum absolute atomic E-state index is 0.270. The van der Waals surface area contributed by atoms with E-state index in [4.69, 9.17) is 0 Å². The van der Waals surface area contributed by atoms with Gasteiger partial charge in [0.15, 0.2) is 0 Å². The summed E-state index contributed by atoms with van der Waals surface area (Å²) < 4.78 is 1.11. The molecular formula is C24H18N4O3. The van der Waals surface area contributed by atoms with E-state index in [1.807, 2.05) is 24.3 Å². The van der Waals surface area contributed by atoms with Crippen molar-refractivity contribution in [1.29, 1.82) is 0 Å². The van der Waals surface area contributed by atoms with E-state index in [1.165, 1.54) is 6.07 Å². The van der Waals surface area contributed by atoms with Crippen LogP contribution in [0.25, 0.3) is 10.9 Å². The lowest BCUT2D eigenvalue weighted by Gasteiger charge is -2.08. The van der Waals surface area contributed by atoms with Crippen LogP contribution in [-0.4, -0.2) is 20.4 Å². The van der Waals surface area contributed by atoms with Crippen molar-refractivity contribution in [1.82, 2.24) is 14.5 Å². The van der Waals surface area contributed by atoms with E-state index in [0.717, 1.165) is 10.1 Å². The van der Waals surface area contributed by atoms with Crippen LogP contribution in [0.4, 0.5) is 5.69 Å². The van der Waals surface area contributed by atoms with Crippen LogP contribution in [-0.2, 0) is 6.54 Å². The SMILES string of the molecule is CCn1c(=O)[nH]c2cc(C(=O)Nc3cccc(C#Cc4ccccn4)c3)ccc2c1=O. The summed E-state index contributed by atoms with van der Waals surface area (Å²) in [5.41, 5.74) is 1.72. The highest BCUT2D eigenvalue weighted by Crippen LogP contribution is 2.14. The number of fused-ring (bicyclic) bond motifs is 1. The molecule has 2 N–H and O–H groups in total. The summed E-state index contributed by atoms with van der Waals surface area (Å²) in [4.78, 5) is 44.0. The first-order valence-corrected chi connectivity index (χ1v) is 9.66. The van der Waals surface area contributed by atoms with Gasteiger partial charge in [0, 0.05) is 29.6 Å². The lowest BCUT2D eigenvalue weighted by molar-refractivity contribution is 0.102. The molecule has 4 aromatic rings. The Kier molecular flexibility index (Phi) is 5.45. The number of benzene rings is 2. The zero-order valence-corrected chi connectivity index (χ0v) is 16.7. The normalized spacial score (nSPS) is 10.4. The minimum atomic E-state index is -0.503. The number of hydrogen-bond donors (Lipinski definition) is 2. The van der Waals surface area contributed by atoms with Gasteiger partial charge in [0.1, 0.15) is 5.69 Å². The molecule has 0 aliphatic heterocycles. The first-order chi connectivity index (χ1) is 15.0. The van der Waals surface area contributed by atoms with Crippen LogP contribution in [0.2, 0.25) is 0 Å². The number of rotatable bonds is 3. The number of anilines is 1. The number of nitrogens with one attached hydrogen (secondary N) is 2. The molecular weight excluding hydrogens is 392 g/mol. The molecule has 0 unspecified atom stereocenters. The first kappa shape index (κ1) is 19.9. The average Bonchev–Trinajstić information content (AvgIpc) is 2.78. The van der Waals surface area contributed by atoms with Crippen molar-refractivity contribution < 1.29 is 4.79 Å². The number of pyridine rings is 1. The Morgan fingerprint density at radius 2 is 1.94 bits per heavy atom. The number of hydrogen-bond acceptors (Lipinski definition) is 4. The zero-order chi connectivity index (χ0) is 21.8. The summed E-state index contributed by atoms with van der Waals surface area (Å²) in [6, 6.07) is 17.3. The van der Waals surface area contributed by atoms with E-state index in [0.29, 0.717) is 27.8 Å². The van der Waals surface area contributed by atoms with Crippen LogP contribution in [0.3, 0.4) is 0 Å². The zero-order valence-electron chi connectivity index (χ0n) is 16.7. The molecule has 4 rings (SSSR count). The van der Waals surface area contributed by atoms with Crippen molar-refractivity contribution in [2.45, 2.75) is 13.5 Å². The van der Waals surface area contributed by atoms with Crippen LogP contribution in [0.1, 0.15) is 28.5 Å². The molecule has 1 amide bonds. The predicted octanol–water partition coefficient (Wildman–Crippen LogP) is 2.76. The molecule has 0 saturated heterocycles. The first-order valence-electron chi connectivity index (χ1n) is 9.66. The Hall–Kier alpha value is -4.44. The molecule has 0 bridgehead atoms. The fourth-order valence-electron chi connectivity index (χ4n) is 3.13. The maximum absolute atomic E-state index is 12.7. The standard InChI is InChI=1S/C24H18N4O3/c1-2-28-23(30)20-12-10-17(15-21(20)27-24(28)31)22(29)26-19-8-5-6-16(14-19)9-11-18-7-3-4-13-25-18/h3-8,10,12-15H,2H2,1H3,(H,26,29)(H,27,31). The van der Waals surface area contributed by atoms with Gasteiger partial charge >= 0.3 is 5.69 Å². The highest BCUT2D eigenvalue weighted by atomic mass is 16.2. The third-order valence-corrected chi connectivity index (χ3v) is 4.68. The van der Waals surface area contributed by atoms with Gasteiger partial charge in [0.25, 0.3) is 11.5 Å². The molecule has 0 spiro atoms. The van der Waals surface area contributed by atoms with Crippen molar-refractivity contribution in [3.05, 3.63) is 105 Å². The minimum Gasteiger partial charge on any atom is -0.322 e. The smallest absolute Gasteiger partial charge is 0.322 e. The highest BCUT2D eigenvalue weighted by Gasteiger charge is 2.11. The van der Waals surface area contributed by atoms with Gasteiger partial charge in [-0.2, -0.15) is 0 Å². The molecule has 31 heavy (non-hydrogen) atoms. The van der Waals surface area contributed by atoms with Gasteiger partial charge < -0.3 is 10.3 Å². The lowest BCUT2D eigenvalue weighted by Crippen LogP contribution is -2.34. The molecule has 7 nitrogen and oxygen atoms in total. The molecule has 152 valence electrons. The number of H-pyrrole nitrogens is 1. The molecule has 0 aliphatic carbocycles. The van der Waals surface area contributed by atoms with Gasteiger partial charge in [-0.25, -0.2) is 9.78 Å². The largest absolute Gasteiger partial charge is 0.328 e. The van der Waals surface area contributed by atoms with Gasteiger partial charge in [-0.15, -0.1) is 0 Å². The number of amides is 1. The van der Waals surface area contributed by atoms with Crippen LogP contribution in [0.15, 0.2) is 76.4 Å². The third-order valence-electron chi connectivity index (χ3n) is 4.68. The fraction of sp³-hybridized carbons (Fsp3) is 0.0833. The molecule has 7 heteroatoms. The number of aromatic nitrogens is 3. The Morgan fingerprint density at radius 3 is 2.71 bits per heavy atom. The maximum atomic E-state index is 12.7. The molecule has 2 heterocycles. The van der Waals surface area contributed by atoms with E-state index in [9.17, 15) is 14.4 Å². The van der Waals surface area contributed by atoms with E-state index in [1.54, 1.807) is 43.5 Å². The second-order valence-electron chi connectivity index (χ2n) is 6.74. The van der Waals surface area contributed by atoms with Crippen molar-refractivity contribution in [2.24, 2.45) is 0 Å². The van der Waals surface area contributed by atoms with Crippen LogP contribution in [0.5, 0.6) is 0 Å². The monoisotopic (exact) mass is 410 g/mol. The Labute approximate surface area is 177 Å². The van der Waals surface area contributed by atoms with E-state index in [2.05, 4.69) is 27.1 Å². The van der Waals surface area contributed by atoms with Crippen LogP contribution in [0, 0.1) is 11.8 Å². The second kappa shape index (κ2) is 8.51. The Morgan fingerprint density at radius 1 is 1.06 bits per heavy atom. The predicted molar refractivity (Wildman–Crippen MR) is 119 cm³/mol. The number of nitrogens with zero attached hydrogens (tertiary/aromatic N) is 2. The number of aromatic amines is 1. The number of carbonyl (C=O) groups excluding carboxylic acids is 1. The molecule has 0 radical (unpaired) electrons. The molecule has 0 atom stereocenters. The van der Waals surface area contributed by atoms with Gasteiger partial charge in [-0.1, -0.05) is 18.1 Å². The Bertz CT molecular complexity index is 1460. The summed E-state index contributed by atoms with van der Waals surface area (Å²) >= 11 is 0. The number of carbonyl (C=O) groups is 1. The van der Waals surface area contributed by atoms with Crippen LogP contribution < -0.4 is 16.6 Å². The van der Waals surface area contributed by atoms with Gasteiger partial charge in [0.05, 0.1) is 10.9 Å². The molecule has 2 aromatic carbocycles. The van der Waals surface area contributed by atoms with Crippen molar-refractivity contribution >= 4 is 22.5 Å². The molecule has 2 aromatic heterocycles. The fourth-order valence-corrected chi connectivity index (χ4v) is 3.13. The van der Waals surface area contributed by atoms with Gasteiger partial charge in [-0.3, -0.25) is 14.2 Å². The maximum Gasteiger partial charge on any atom is 0.328 e. The topological polar surface area (TPSA) is 96.8 Å². The van der Waals surface area contributed by atoms with Crippen molar-refractivity contribution in [3.63, 3.8) is 0 Å². The molecule has 0 fully saturated rings. The van der Waals surface area contributed by atoms with Crippen molar-refractivity contribution in [2.75, 3.05) is 5.32 Å². The molecule has 0 saturated carbocycles. The average molecular weight is 410 g/mol. The van der Waals surface area contributed by atoms with Gasteiger partial charge in [-0.05, 0) is 61.4 Å². The molecule has 0 aliphatic rings. The van der Waals surface area contributed by atoms with E-state index < -0.39 is 5.69 Å². The second-order valence-corrected chi connectivity index (χ2v) is 6.74. The quantitative estimate of drug-likeness (QED) is 0.508. The highest BCUT2D eigenvalue weighted by molar-refractivity contribution is 6.06. The Balaban J connectivity index is 1.59. The van der Waals surface area contributed by atoms with Gasteiger partial charge in [0.2, 0.25) is 0 Å². The van der Waals surface area contributed by atoms with Crippen LogP contribution >= 0.6 is 0 Å². The van der Waals surface area contributed by atoms with Crippen molar-refractivity contribution in [3.8, 4) is 11.8 Å². The summed E-state index contributed by atoms with van der Waals surface area (Å²) in [6.07, 6.45) is 1.68. The third kappa shape index (κ3) is 4.28. The summed E-state index contributed by atoms with van der Waals surface area (Å²) in [5, 5.41) is 3.17. The summed E-state index contributed by atoms with van der Waals surface area (Å²) in [5.74, 6) is 5.63. The summed E-state index contributed by atoms with van der Waals surface area (Å²) in [6.45, 7) is 1.99. The van der Waals surface area contributed by atoms with E-state index >= 15 is 0 Å². The van der Waals surface area contributed by atoms with E-state index in [-0.39, 0.29) is 18.0 Å². The summed E-state index contributed by atoms with van der Waals surface area (Å²) in [7, 11) is 0. The lowest BCUT2D eigenvalue weighted by atomic mass is 10.1.